The molecule has 83 heavy (non-hydrogen) atoms. The van der Waals surface area contributed by atoms with Crippen molar-refractivity contribution in [1.82, 2.24) is 0 Å². The van der Waals surface area contributed by atoms with Crippen LogP contribution in [0.2, 0.25) is 0 Å². The highest BCUT2D eigenvalue weighted by Crippen LogP contribution is 2.26. The molecule has 0 amide bonds. The minimum atomic E-state index is -1.92. The van der Waals surface area contributed by atoms with Gasteiger partial charge in [0, 0.05) is 19.3 Å². The molecule has 0 radical (unpaired) electrons. The van der Waals surface area contributed by atoms with Crippen molar-refractivity contribution in [1.29, 1.82) is 0 Å². The highest BCUT2D eigenvalue weighted by Gasteiger charge is 2.50. The third-order valence-corrected chi connectivity index (χ3v) is 14.3. The van der Waals surface area contributed by atoms with Crippen molar-refractivity contribution in [2.45, 2.75) is 302 Å². The molecule has 3 N–H and O–H groups in total. The fourth-order valence-corrected chi connectivity index (χ4v) is 9.34. The number of ether oxygens (including phenoxy) is 5. The van der Waals surface area contributed by atoms with E-state index in [1.807, 2.05) is 0 Å². The van der Waals surface area contributed by atoms with Gasteiger partial charge >= 0.3 is 23.9 Å². The number of aliphatic hydroxyl groups excluding tert-OH is 2. The minimum Gasteiger partial charge on any atom is -0.479 e. The van der Waals surface area contributed by atoms with Crippen LogP contribution >= 0.6 is 0 Å². The molecule has 0 aromatic heterocycles. The van der Waals surface area contributed by atoms with E-state index in [1.54, 1.807) is 0 Å². The van der Waals surface area contributed by atoms with Gasteiger partial charge in [-0.15, -0.1) is 0 Å². The van der Waals surface area contributed by atoms with Crippen LogP contribution in [0.3, 0.4) is 0 Å². The Balaban J connectivity index is 2.69. The summed E-state index contributed by atoms with van der Waals surface area (Å²) in [6, 6.07) is 0. The quantitative estimate of drug-likeness (QED) is 0.0228. The topological polar surface area (TPSA) is 175 Å². The van der Waals surface area contributed by atoms with E-state index in [0.717, 1.165) is 167 Å². The molecule has 0 saturated carbocycles. The number of hydrogen-bond donors (Lipinski definition) is 3. The molecular formula is C71H116O12. The molecule has 0 spiro atoms. The molecule has 1 heterocycles. The maximum absolute atomic E-state index is 13.2. The van der Waals surface area contributed by atoms with E-state index in [2.05, 4.69) is 130 Å². The summed E-state index contributed by atoms with van der Waals surface area (Å²) in [6.07, 6.45) is 66.1. The molecule has 12 heteroatoms. The third kappa shape index (κ3) is 47.3. The summed E-state index contributed by atoms with van der Waals surface area (Å²) in [5, 5.41) is 31.6. The first kappa shape index (κ1) is 76.4. The summed E-state index contributed by atoms with van der Waals surface area (Å²) in [5.41, 5.74) is 0. The van der Waals surface area contributed by atoms with E-state index in [1.165, 1.54) is 38.5 Å². The number of aliphatic hydroxyl groups is 2. The smallest absolute Gasteiger partial charge is 0.335 e. The lowest BCUT2D eigenvalue weighted by atomic mass is 9.98. The molecule has 1 rings (SSSR count). The maximum atomic E-state index is 13.2. The summed E-state index contributed by atoms with van der Waals surface area (Å²) in [6.45, 7) is 5.75. The standard InChI is InChI=1S/C71H116O12/c1-4-7-10-13-16-19-22-25-28-30-32-34-37-39-42-45-48-51-54-57-63(72)79-60-62(81-64(73)58-55-52-49-46-43-41-38-35-33-31-29-26-23-20-17-14-11-8-5-2)61-80-71-69(67(76)66(75)68(83-71)70(77)78)82-65(74)59-56-53-50-47-44-40-36-27-24-21-18-15-12-9-6-3/h7-8,10-11,16-17,19-20,25-29,32-36,62,66-69,71,75-76H,4-6,9,12-15,18,21-24,30-31,37-61H2,1-3H3,(H,77,78)/b10-7-,11-8-,19-16-,20-17-,28-25-,29-26-,34-32-,35-33-,36-27-. The normalized spacial score (nSPS) is 18.3. The molecule has 6 unspecified atom stereocenters. The number of rotatable bonds is 55. The van der Waals surface area contributed by atoms with Crippen LogP contribution in [0.25, 0.3) is 0 Å². The number of hydrogen-bond acceptors (Lipinski definition) is 11. The molecule has 1 aliphatic heterocycles. The van der Waals surface area contributed by atoms with Crippen molar-refractivity contribution in [2.24, 2.45) is 0 Å². The van der Waals surface area contributed by atoms with Gasteiger partial charge in [0.15, 0.2) is 24.6 Å². The number of carboxylic acids is 1. The molecule has 0 bridgehead atoms. The Kier molecular flexibility index (Phi) is 53.2. The highest BCUT2D eigenvalue weighted by molar-refractivity contribution is 5.74. The fourth-order valence-electron chi connectivity index (χ4n) is 9.34. The van der Waals surface area contributed by atoms with Crippen molar-refractivity contribution < 1.29 is 58.2 Å². The number of carbonyl (C=O) groups is 4. The molecule has 1 aliphatic rings. The van der Waals surface area contributed by atoms with Crippen LogP contribution in [0.1, 0.15) is 265 Å². The van der Waals surface area contributed by atoms with Gasteiger partial charge in [0.05, 0.1) is 6.61 Å². The molecule has 6 atom stereocenters. The number of aliphatic carboxylic acids is 1. The second kappa shape index (κ2) is 57.8. The predicted octanol–water partition coefficient (Wildman–Crippen LogP) is 17.8. The lowest BCUT2D eigenvalue weighted by Gasteiger charge is -2.40. The van der Waals surface area contributed by atoms with Crippen LogP contribution in [0.4, 0.5) is 0 Å². The molecule has 0 aromatic carbocycles. The Morgan fingerprint density at radius 2 is 0.759 bits per heavy atom. The van der Waals surface area contributed by atoms with E-state index in [4.69, 9.17) is 23.7 Å². The van der Waals surface area contributed by atoms with Crippen molar-refractivity contribution in [2.75, 3.05) is 13.2 Å². The zero-order valence-corrected chi connectivity index (χ0v) is 52.2. The molecule has 12 nitrogen and oxygen atoms in total. The number of esters is 3. The number of allylic oxidation sites excluding steroid dienone is 18. The second-order valence-corrected chi connectivity index (χ2v) is 22.0. The molecule has 0 aliphatic carbocycles. The average Bonchev–Trinajstić information content (AvgIpc) is 3.58. The fraction of sp³-hybridized carbons (Fsp3) is 0.690. The zero-order chi connectivity index (χ0) is 60.3. The van der Waals surface area contributed by atoms with Gasteiger partial charge in [-0.3, -0.25) is 14.4 Å². The highest BCUT2D eigenvalue weighted by atomic mass is 16.7. The summed E-state index contributed by atoms with van der Waals surface area (Å²) in [7, 11) is 0. The van der Waals surface area contributed by atoms with Crippen LogP contribution < -0.4 is 0 Å². The van der Waals surface area contributed by atoms with Gasteiger partial charge in [-0.1, -0.05) is 233 Å². The first-order valence-corrected chi connectivity index (χ1v) is 32.9. The van der Waals surface area contributed by atoms with Crippen LogP contribution in [0.15, 0.2) is 109 Å². The van der Waals surface area contributed by atoms with Crippen molar-refractivity contribution >= 4 is 23.9 Å². The van der Waals surface area contributed by atoms with Gasteiger partial charge < -0.3 is 39.0 Å². The Labute approximate surface area is 504 Å². The van der Waals surface area contributed by atoms with Gasteiger partial charge in [0.2, 0.25) is 0 Å². The van der Waals surface area contributed by atoms with Crippen LogP contribution in [-0.4, -0.2) is 89.2 Å². The monoisotopic (exact) mass is 1160 g/mol. The van der Waals surface area contributed by atoms with E-state index in [9.17, 15) is 34.5 Å². The summed E-state index contributed by atoms with van der Waals surface area (Å²) in [4.78, 5) is 51.4. The molecule has 1 fully saturated rings. The summed E-state index contributed by atoms with van der Waals surface area (Å²) in [5.74, 6) is -3.17. The van der Waals surface area contributed by atoms with E-state index < -0.39 is 67.3 Å². The van der Waals surface area contributed by atoms with Crippen molar-refractivity contribution in [3.05, 3.63) is 109 Å². The molecule has 0 aromatic rings. The zero-order valence-electron chi connectivity index (χ0n) is 52.2. The Hall–Kier alpha value is -4.62. The SMILES string of the molecule is CC/C=C\C/C=C\C/C=C\C/C=C\CCCCCCCCC(=O)OCC(COC1OC(C(=O)O)C(O)C(O)C1OC(=O)CCCCCCC/C=C\CCCCCCCC)OC(=O)CCCCCCCC/C=C\C/C=C\C/C=C\C/C=C\CC. The lowest BCUT2D eigenvalue weighted by molar-refractivity contribution is -0.301. The Bertz CT molecular complexity index is 1860. The Morgan fingerprint density at radius 3 is 1.17 bits per heavy atom. The molecular weight excluding hydrogens is 1040 g/mol. The average molecular weight is 1160 g/mol. The number of unbranched alkanes of at least 4 members (excludes halogenated alkanes) is 23. The van der Waals surface area contributed by atoms with Gasteiger partial charge in [-0.2, -0.15) is 0 Å². The van der Waals surface area contributed by atoms with Crippen LogP contribution in [0, 0.1) is 0 Å². The summed E-state index contributed by atoms with van der Waals surface area (Å²) < 4.78 is 28.5. The van der Waals surface area contributed by atoms with Crippen molar-refractivity contribution in [3.8, 4) is 0 Å². The third-order valence-electron chi connectivity index (χ3n) is 14.3. The van der Waals surface area contributed by atoms with Crippen LogP contribution in [-0.2, 0) is 42.9 Å². The Morgan fingerprint density at radius 1 is 0.410 bits per heavy atom. The summed E-state index contributed by atoms with van der Waals surface area (Å²) >= 11 is 0. The van der Waals surface area contributed by atoms with Crippen LogP contribution in [0.5, 0.6) is 0 Å². The first-order valence-electron chi connectivity index (χ1n) is 32.9. The minimum absolute atomic E-state index is 0.0431. The van der Waals surface area contributed by atoms with Gasteiger partial charge in [-0.05, 0) is 122 Å². The van der Waals surface area contributed by atoms with Gasteiger partial charge in [0.25, 0.3) is 0 Å². The number of carbonyl (C=O) groups excluding carboxylic acids is 3. The maximum Gasteiger partial charge on any atom is 0.335 e. The first-order chi connectivity index (χ1) is 40.6. The van der Waals surface area contributed by atoms with Gasteiger partial charge in [0.1, 0.15) is 18.8 Å². The van der Waals surface area contributed by atoms with Gasteiger partial charge in [-0.25, -0.2) is 4.79 Å². The van der Waals surface area contributed by atoms with Crippen molar-refractivity contribution in [3.63, 3.8) is 0 Å². The lowest BCUT2D eigenvalue weighted by Crippen LogP contribution is -2.61. The molecule has 472 valence electrons. The van der Waals surface area contributed by atoms with E-state index >= 15 is 0 Å². The largest absolute Gasteiger partial charge is 0.479 e. The van der Waals surface area contributed by atoms with E-state index in [-0.39, 0.29) is 25.9 Å². The molecule has 1 saturated heterocycles. The predicted molar refractivity (Wildman–Crippen MR) is 340 cm³/mol. The number of carboxylic acid groups (broad SMARTS) is 1. The second-order valence-electron chi connectivity index (χ2n) is 22.0. The van der Waals surface area contributed by atoms with E-state index in [0.29, 0.717) is 19.3 Å².